The Labute approximate surface area is 195 Å². The average Bonchev–Trinajstić information content (AvgIpc) is 3.37. The fourth-order valence-electron chi connectivity index (χ4n) is 9.09. The van der Waals surface area contributed by atoms with Gasteiger partial charge >= 0.3 is 0 Å². The predicted octanol–water partition coefficient (Wildman–Crippen LogP) is 9.38. The summed E-state index contributed by atoms with van der Waals surface area (Å²) in [4.78, 5) is 0. The molecule has 31 heavy (non-hydrogen) atoms. The molecule has 0 saturated heterocycles. The van der Waals surface area contributed by atoms with Crippen LogP contribution in [0.4, 0.5) is 0 Å². The van der Waals surface area contributed by atoms with Crippen molar-refractivity contribution < 1.29 is 4.74 Å². The molecule has 0 aliphatic heterocycles. The summed E-state index contributed by atoms with van der Waals surface area (Å²) < 4.78 is 5.97. The molecule has 180 valence electrons. The van der Waals surface area contributed by atoms with Crippen LogP contribution in [-0.2, 0) is 4.74 Å². The van der Waals surface area contributed by atoms with E-state index in [2.05, 4.69) is 27.3 Å². The van der Waals surface area contributed by atoms with Crippen molar-refractivity contribution in [3.63, 3.8) is 0 Å². The summed E-state index contributed by atoms with van der Waals surface area (Å²) >= 11 is 0. The van der Waals surface area contributed by atoms with E-state index in [9.17, 15) is 0 Å². The van der Waals surface area contributed by atoms with Crippen LogP contribution in [0.25, 0.3) is 0 Å². The Balaban J connectivity index is 1.37. The summed E-state index contributed by atoms with van der Waals surface area (Å²) in [5.74, 6) is 4.55. The lowest BCUT2D eigenvalue weighted by Gasteiger charge is -2.47. The minimum atomic E-state index is -1.23. The van der Waals surface area contributed by atoms with Crippen LogP contribution in [0.2, 0.25) is 23.7 Å². The van der Waals surface area contributed by atoms with E-state index in [1.54, 1.807) is 70.3 Å². The van der Waals surface area contributed by atoms with Crippen LogP contribution >= 0.6 is 0 Å². The molecule has 4 fully saturated rings. The SMILES string of the molecule is CC(C)(C)OCCCCCC[Si](C)(C1CCC2CCCCC21)C1CCC2CCCC[C@@H]21. The maximum absolute atomic E-state index is 5.97. The quantitative estimate of drug-likeness (QED) is 0.253. The molecule has 0 aromatic heterocycles. The first-order chi connectivity index (χ1) is 14.9. The lowest BCUT2D eigenvalue weighted by molar-refractivity contribution is -0.00471. The highest BCUT2D eigenvalue weighted by molar-refractivity contribution is 6.81. The van der Waals surface area contributed by atoms with Gasteiger partial charge in [-0.1, -0.05) is 109 Å². The lowest BCUT2D eigenvalue weighted by atomic mass is 9.81. The molecule has 0 bridgehead atoms. The summed E-state index contributed by atoms with van der Waals surface area (Å²) in [5, 5.41) is 0. The summed E-state index contributed by atoms with van der Waals surface area (Å²) in [7, 11) is -1.23. The Hall–Kier alpha value is 0.177. The maximum Gasteiger partial charge on any atom is 0.0598 e. The third-order valence-electron chi connectivity index (χ3n) is 10.5. The zero-order valence-electron chi connectivity index (χ0n) is 21.6. The zero-order chi connectivity index (χ0) is 21.9. The Morgan fingerprint density at radius 3 is 1.71 bits per heavy atom. The second-order valence-corrected chi connectivity index (χ2v) is 18.4. The van der Waals surface area contributed by atoms with Gasteiger partial charge in [0.25, 0.3) is 0 Å². The van der Waals surface area contributed by atoms with E-state index < -0.39 is 8.07 Å². The van der Waals surface area contributed by atoms with Gasteiger partial charge in [0.05, 0.1) is 13.7 Å². The van der Waals surface area contributed by atoms with Crippen molar-refractivity contribution in [2.45, 2.75) is 153 Å². The number of unbranched alkanes of at least 4 members (excludes halogenated alkanes) is 3. The summed E-state index contributed by atoms with van der Waals surface area (Å²) in [5.41, 5.74) is 2.41. The summed E-state index contributed by atoms with van der Waals surface area (Å²) in [6.45, 7) is 10.5. The first-order valence-electron chi connectivity index (χ1n) is 14.5. The highest BCUT2D eigenvalue weighted by atomic mass is 28.3. The highest BCUT2D eigenvalue weighted by Crippen LogP contribution is 2.62. The molecule has 0 N–H and O–H groups in total. The van der Waals surface area contributed by atoms with E-state index in [1.165, 1.54) is 49.6 Å². The fraction of sp³-hybridized carbons (Fsp3) is 1.00. The van der Waals surface area contributed by atoms with Crippen molar-refractivity contribution in [3.05, 3.63) is 0 Å². The first-order valence-corrected chi connectivity index (χ1v) is 17.4. The van der Waals surface area contributed by atoms with Gasteiger partial charge in [0.2, 0.25) is 0 Å². The van der Waals surface area contributed by atoms with Gasteiger partial charge in [-0.3, -0.25) is 0 Å². The van der Waals surface area contributed by atoms with Crippen LogP contribution in [0.3, 0.4) is 0 Å². The van der Waals surface area contributed by atoms with Crippen molar-refractivity contribution in [3.8, 4) is 0 Å². The van der Waals surface area contributed by atoms with Crippen molar-refractivity contribution in [2.75, 3.05) is 6.61 Å². The van der Waals surface area contributed by atoms with E-state index >= 15 is 0 Å². The van der Waals surface area contributed by atoms with Crippen LogP contribution < -0.4 is 0 Å². The minimum absolute atomic E-state index is 0.0313. The number of hydrogen-bond donors (Lipinski definition) is 0. The Morgan fingerprint density at radius 2 is 1.16 bits per heavy atom. The molecule has 4 aliphatic carbocycles. The largest absolute Gasteiger partial charge is 0.376 e. The van der Waals surface area contributed by atoms with Gasteiger partial charge in [0.15, 0.2) is 0 Å². The molecule has 0 radical (unpaired) electrons. The molecule has 6 unspecified atom stereocenters. The number of rotatable bonds is 9. The normalized spacial score (nSPS) is 37.9. The van der Waals surface area contributed by atoms with E-state index in [-0.39, 0.29) is 5.60 Å². The monoisotopic (exact) mass is 446 g/mol. The molecule has 4 rings (SSSR count). The van der Waals surface area contributed by atoms with Gasteiger partial charge in [0.1, 0.15) is 0 Å². The van der Waals surface area contributed by atoms with Gasteiger partial charge in [0, 0.05) is 6.61 Å². The van der Waals surface area contributed by atoms with Gasteiger partial charge in [-0.25, -0.2) is 0 Å². The summed E-state index contributed by atoms with van der Waals surface area (Å²) in [6, 6.07) is 1.66. The molecule has 4 saturated carbocycles. The van der Waals surface area contributed by atoms with Gasteiger partial charge in [-0.2, -0.15) is 0 Å². The molecule has 0 aromatic carbocycles. The van der Waals surface area contributed by atoms with Gasteiger partial charge in [-0.05, 0) is 61.9 Å². The minimum Gasteiger partial charge on any atom is -0.376 e. The van der Waals surface area contributed by atoms with Crippen molar-refractivity contribution in [1.29, 1.82) is 0 Å². The van der Waals surface area contributed by atoms with Crippen molar-refractivity contribution in [1.82, 2.24) is 0 Å². The number of fused-ring (bicyclic) bond motifs is 2. The van der Waals surface area contributed by atoms with Gasteiger partial charge < -0.3 is 4.74 Å². The van der Waals surface area contributed by atoms with Crippen LogP contribution in [0.5, 0.6) is 0 Å². The van der Waals surface area contributed by atoms with E-state index in [0.29, 0.717) is 0 Å². The van der Waals surface area contributed by atoms with Crippen LogP contribution in [-0.4, -0.2) is 20.3 Å². The molecule has 0 amide bonds. The molecule has 4 aliphatic rings. The topological polar surface area (TPSA) is 9.23 Å². The smallest absolute Gasteiger partial charge is 0.0598 e. The third-order valence-corrected chi connectivity index (χ3v) is 16.8. The highest BCUT2D eigenvalue weighted by Gasteiger charge is 2.55. The third kappa shape index (κ3) is 5.82. The van der Waals surface area contributed by atoms with Crippen LogP contribution in [0.15, 0.2) is 0 Å². The van der Waals surface area contributed by atoms with Gasteiger partial charge in [-0.15, -0.1) is 0 Å². The lowest BCUT2D eigenvalue weighted by Crippen LogP contribution is -2.46. The predicted molar refractivity (Wildman–Crippen MR) is 137 cm³/mol. The molecule has 2 heteroatoms. The maximum atomic E-state index is 5.97. The van der Waals surface area contributed by atoms with E-state index in [0.717, 1.165) is 30.3 Å². The standard InChI is InChI=1S/C29H54OSi/c1-29(2,3)30-21-11-5-6-12-22-31(4,27-19-17-23-13-7-9-15-25(23)27)28-20-18-24-14-8-10-16-26(24)28/h23-28H,5-22H2,1-4H3/t23?,24?,25-,26?,27?,28?,31?/m0/s1. The van der Waals surface area contributed by atoms with E-state index in [4.69, 9.17) is 4.74 Å². The van der Waals surface area contributed by atoms with Crippen LogP contribution in [0, 0.1) is 23.7 Å². The molecular formula is C29H54OSi. The number of hydrogen-bond acceptors (Lipinski definition) is 1. The Morgan fingerprint density at radius 1 is 0.645 bits per heavy atom. The van der Waals surface area contributed by atoms with E-state index in [1.807, 2.05) is 0 Å². The second kappa shape index (κ2) is 10.6. The van der Waals surface area contributed by atoms with Crippen LogP contribution in [0.1, 0.15) is 124 Å². The molecule has 0 heterocycles. The zero-order valence-corrected chi connectivity index (χ0v) is 22.6. The molecule has 0 spiro atoms. The van der Waals surface area contributed by atoms with Crippen molar-refractivity contribution in [2.24, 2.45) is 23.7 Å². The molecule has 7 atom stereocenters. The van der Waals surface area contributed by atoms with Crippen molar-refractivity contribution >= 4 is 8.07 Å². The summed E-state index contributed by atoms with van der Waals surface area (Å²) in [6.07, 6.45) is 24.6. The fourth-order valence-corrected chi connectivity index (χ4v) is 15.9. The molecule has 0 aromatic rings. The number of ether oxygens (including phenoxy) is 1. The second-order valence-electron chi connectivity index (χ2n) is 13.4. The molecular weight excluding hydrogens is 392 g/mol. The molecule has 1 nitrogen and oxygen atoms in total. The first kappa shape index (κ1) is 24.3. The average molecular weight is 447 g/mol. The Kier molecular flexibility index (Phi) is 8.33. The Bertz CT molecular complexity index is 519.